The first-order valence-electron chi connectivity index (χ1n) is 6.65. The summed E-state index contributed by atoms with van der Waals surface area (Å²) in [7, 11) is 0. The summed E-state index contributed by atoms with van der Waals surface area (Å²) in [5.74, 6) is 0. The zero-order valence-corrected chi connectivity index (χ0v) is 11.5. The van der Waals surface area contributed by atoms with Crippen LogP contribution < -0.4 is 10.6 Å². The van der Waals surface area contributed by atoms with E-state index in [1.807, 2.05) is 0 Å². The Bertz CT molecular complexity index is 540. The van der Waals surface area contributed by atoms with E-state index < -0.39 is 23.4 Å². The molecule has 2 rings (SSSR count). The first-order chi connectivity index (χ1) is 9.71. The Labute approximate surface area is 120 Å². The first-order valence-corrected chi connectivity index (χ1v) is 6.65. The maximum Gasteiger partial charge on any atom is 0.416 e. The maximum atomic E-state index is 12.8. The maximum absolute atomic E-state index is 12.8. The molecule has 0 bridgehead atoms. The fourth-order valence-electron chi connectivity index (χ4n) is 2.25. The van der Waals surface area contributed by atoms with Crippen molar-refractivity contribution in [2.45, 2.75) is 38.0 Å². The Hall–Kier alpha value is -1.76. The third kappa shape index (κ3) is 3.66. The zero-order valence-electron chi connectivity index (χ0n) is 11.5. The topological polar surface area (TPSA) is 61.4 Å². The fraction of sp³-hybridized carbons (Fsp3) is 0.500. The summed E-state index contributed by atoms with van der Waals surface area (Å²) in [5, 5.41) is 14.7. The fourth-order valence-corrected chi connectivity index (χ4v) is 2.25. The second-order valence-corrected chi connectivity index (χ2v) is 5.36. The smallest absolute Gasteiger partial charge is 0.388 e. The van der Waals surface area contributed by atoms with E-state index in [1.165, 1.54) is 19.1 Å². The lowest BCUT2D eigenvalue weighted by Gasteiger charge is -2.36. The van der Waals surface area contributed by atoms with Gasteiger partial charge in [-0.1, -0.05) is 6.07 Å². The number of alkyl halides is 3. The molecule has 116 valence electrons. The van der Waals surface area contributed by atoms with Crippen molar-refractivity contribution in [3.05, 3.63) is 29.3 Å². The van der Waals surface area contributed by atoms with Gasteiger partial charge in [-0.15, -0.1) is 0 Å². The van der Waals surface area contributed by atoms with Gasteiger partial charge in [0.05, 0.1) is 11.2 Å². The van der Waals surface area contributed by atoms with Crippen molar-refractivity contribution in [1.29, 1.82) is 0 Å². The second-order valence-electron chi connectivity index (χ2n) is 5.36. The molecule has 1 aromatic rings. The van der Waals surface area contributed by atoms with E-state index in [9.17, 15) is 23.1 Å². The summed E-state index contributed by atoms with van der Waals surface area (Å²) in [6.07, 6.45) is -2.31. The lowest BCUT2D eigenvalue weighted by atomic mass is 9.80. The van der Waals surface area contributed by atoms with Crippen molar-refractivity contribution in [2.75, 3.05) is 11.9 Å². The summed E-state index contributed by atoms with van der Waals surface area (Å²) < 4.78 is 38.3. The predicted molar refractivity (Wildman–Crippen MR) is 72.0 cm³/mol. The number of hydrogen-bond donors (Lipinski definition) is 3. The van der Waals surface area contributed by atoms with Gasteiger partial charge in [0, 0.05) is 12.2 Å². The van der Waals surface area contributed by atoms with Gasteiger partial charge in [-0.25, -0.2) is 4.79 Å². The van der Waals surface area contributed by atoms with Crippen molar-refractivity contribution in [1.82, 2.24) is 5.32 Å². The Balaban J connectivity index is 2.01. The highest BCUT2D eigenvalue weighted by Gasteiger charge is 2.35. The Morgan fingerprint density at radius 3 is 2.57 bits per heavy atom. The van der Waals surface area contributed by atoms with E-state index in [1.54, 1.807) is 0 Å². The van der Waals surface area contributed by atoms with Gasteiger partial charge in [-0.05, 0) is 43.9 Å². The largest absolute Gasteiger partial charge is 0.416 e. The SMILES string of the molecule is Cc1c(NC(=O)NCC2(O)CCC2)cccc1C(F)(F)F. The molecule has 2 amide bonds. The van der Waals surface area contributed by atoms with Crippen LogP contribution in [0.15, 0.2) is 18.2 Å². The van der Waals surface area contributed by atoms with Gasteiger partial charge >= 0.3 is 12.2 Å². The van der Waals surface area contributed by atoms with Crippen LogP contribution in [-0.4, -0.2) is 23.3 Å². The predicted octanol–water partition coefficient (Wildman–Crippen LogP) is 3.05. The van der Waals surface area contributed by atoms with Crippen LogP contribution in [0.2, 0.25) is 0 Å². The molecule has 0 aliphatic heterocycles. The van der Waals surface area contributed by atoms with Crippen LogP contribution in [0.4, 0.5) is 23.7 Å². The summed E-state index contributed by atoms with van der Waals surface area (Å²) in [6.45, 7) is 1.40. The molecule has 21 heavy (non-hydrogen) atoms. The van der Waals surface area contributed by atoms with E-state index >= 15 is 0 Å². The van der Waals surface area contributed by atoms with E-state index in [0.29, 0.717) is 12.8 Å². The number of amides is 2. The molecule has 0 radical (unpaired) electrons. The molecular weight excluding hydrogens is 285 g/mol. The van der Waals surface area contributed by atoms with Crippen LogP contribution in [0.25, 0.3) is 0 Å². The molecule has 0 saturated heterocycles. The number of halogens is 3. The van der Waals surface area contributed by atoms with Crippen molar-refractivity contribution < 1.29 is 23.1 Å². The number of urea groups is 1. The number of hydrogen-bond acceptors (Lipinski definition) is 2. The molecular formula is C14H17F3N2O2. The highest BCUT2D eigenvalue weighted by molar-refractivity contribution is 5.90. The minimum atomic E-state index is -4.46. The van der Waals surface area contributed by atoms with Crippen LogP contribution in [0.1, 0.15) is 30.4 Å². The molecule has 0 heterocycles. The number of nitrogens with one attached hydrogen (secondary N) is 2. The molecule has 1 aliphatic carbocycles. The highest BCUT2D eigenvalue weighted by atomic mass is 19.4. The van der Waals surface area contributed by atoms with Gasteiger partial charge in [0.25, 0.3) is 0 Å². The van der Waals surface area contributed by atoms with E-state index in [4.69, 9.17) is 0 Å². The van der Waals surface area contributed by atoms with Crippen molar-refractivity contribution in [3.63, 3.8) is 0 Å². The molecule has 1 fully saturated rings. The van der Waals surface area contributed by atoms with Gasteiger partial charge in [-0.2, -0.15) is 13.2 Å². The van der Waals surface area contributed by atoms with Crippen molar-refractivity contribution >= 4 is 11.7 Å². The van der Waals surface area contributed by atoms with Crippen LogP contribution in [0.3, 0.4) is 0 Å². The monoisotopic (exact) mass is 302 g/mol. The molecule has 1 aliphatic rings. The Morgan fingerprint density at radius 1 is 1.38 bits per heavy atom. The number of carbonyl (C=O) groups is 1. The summed E-state index contributed by atoms with van der Waals surface area (Å²) >= 11 is 0. The minimum Gasteiger partial charge on any atom is -0.388 e. The zero-order chi connectivity index (χ0) is 15.7. The highest BCUT2D eigenvalue weighted by Crippen LogP contribution is 2.34. The summed E-state index contributed by atoms with van der Waals surface area (Å²) in [4.78, 5) is 11.7. The molecule has 4 nitrogen and oxygen atoms in total. The van der Waals surface area contributed by atoms with Gasteiger partial charge in [-0.3, -0.25) is 0 Å². The third-order valence-corrected chi connectivity index (χ3v) is 3.75. The second kappa shape index (κ2) is 5.55. The average molecular weight is 302 g/mol. The standard InChI is InChI=1S/C14H17F3N2O2/c1-9-10(14(15,16)17)4-2-5-11(9)19-12(20)18-8-13(21)6-3-7-13/h2,4-5,21H,3,6-8H2,1H3,(H2,18,19,20). The van der Waals surface area contributed by atoms with E-state index in [2.05, 4.69) is 10.6 Å². The summed E-state index contributed by atoms with van der Waals surface area (Å²) in [6, 6.07) is 2.99. The van der Waals surface area contributed by atoms with E-state index in [0.717, 1.165) is 12.5 Å². The quantitative estimate of drug-likeness (QED) is 0.803. The molecule has 0 aromatic heterocycles. The number of anilines is 1. The van der Waals surface area contributed by atoms with Crippen LogP contribution >= 0.6 is 0 Å². The lowest BCUT2D eigenvalue weighted by molar-refractivity contribution is -0.138. The van der Waals surface area contributed by atoms with Crippen molar-refractivity contribution in [3.8, 4) is 0 Å². The Morgan fingerprint density at radius 2 is 2.05 bits per heavy atom. The van der Waals surface area contributed by atoms with Gasteiger partial charge < -0.3 is 15.7 Å². The molecule has 0 spiro atoms. The average Bonchev–Trinajstić information content (AvgIpc) is 2.35. The summed E-state index contributed by atoms with van der Waals surface area (Å²) in [5.41, 5.74) is -1.59. The Kier molecular flexibility index (Phi) is 4.13. The van der Waals surface area contributed by atoms with Crippen LogP contribution in [0, 0.1) is 6.92 Å². The first kappa shape index (κ1) is 15.6. The van der Waals surface area contributed by atoms with Gasteiger partial charge in [0.1, 0.15) is 0 Å². The molecule has 0 unspecified atom stereocenters. The minimum absolute atomic E-state index is 0.0393. The normalized spacial score (nSPS) is 17.0. The molecule has 3 N–H and O–H groups in total. The van der Waals surface area contributed by atoms with Gasteiger partial charge in [0.2, 0.25) is 0 Å². The molecule has 1 aromatic carbocycles. The van der Waals surface area contributed by atoms with Crippen LogP contribution in [-0.2, 0) is 6.18 Å². The van der Waals surface area contributed by atoms with Crippen LogP contribution in [0.5, 0.6) is 0 Å². The van der Waals surface area contributed by atoms with Gasteiger partial charge in [0.15, 0.2) is 0 Å². The molecule has 0 atom stereocenters. The number of aliphatic hydroxyl groups is 1. The molecule has 1 saturated carbocycles. The van der Waals surface area contributed by atoms with E-state index in [-0.39, 0.29) is 17.8 Å². The third-order valence-electron chi connectivity index (χ3n) is 3.75. The number of benzene rings is 1. The number of rotatable bonds is 3. The van der Waals surface area contributed by atoms with Crippen molar-refractivity contribution in [2.24, 2.45) is 0 Å². The molecule has 7 heteroatoms. The number of carbonyl (C=O) groups excluding carboxylic acids is 1. The lowest BCUT2D eigenvalue weighted by Crippen LogP contribution is -2.48.